The first kappa shape index (κ1) is 11.2. The lowest BCUT2D eigenvalue weighted by molar-refractivity contribution is 0.579. The van der Waals surface area contributed by atoms with Crippen LogP contribution in [0.2, 0.25) is 0 Å². The van der Waals surface area contributed by atoms with E-state index in [-0.39, 0.29) is 4.90 Å². The van der Waals surface area contributed by atoms with Gasteiger partial charge in [-0.3, -0.25) is 0 Å². The fraction of sp³-hybridized carbons (Fsp3) is 0.400. The first-order chi connectivity index (χ1) is 6.56. The van der Waals surface area contributed by atoms with Crippen molar-refractivity contribution in [2.75, 3.05) is 6.54 Å². The van der Waals surface area contributed by atoms with E-state index in [1.807, 2.05) is 13.8 Å². The van der Waals surface area contributed by atoms with Crippen LogP contribution >= 0.6 is 0 Å². The summed E-state index contributed by atoms with van der Waals surface area (Å²) in [4.78, 5) is 0.275. The van der Waals surface area contributed by atoms with Crippen LogP contribution in [0.4, 0.5) is 0 Å². The zero-order chi connectivity index (χ0) is 10.6. The summed E-state index contributed by atoms with van der Waals surface area (Å²) in [6.45, 7) is 4.17. The summed E-state index contributed by atoms with van der Waals surface area (Å²) in [7, 11) is -3.41. The van der Waals surface area contributed by atoms with E-state index in [9.17, 15) is 8.42 Å². The maximum absolute atomic E-state index is 11.5. The molecule has 0 saturated heterocycles. The lowest BCUT2D eigenvalue weighted by Crippen LogP contribution is -2.16. The predicted molar refractivity (Wildman–Crippen MR) is 55.7 cm³/mol. The molecule has 0 saturated carbocycles. The zero-order valence-corrected chi connectivity index (χ0v) is 9.21. The van der Waals surface area contributed by atoms with Crippen molar-refractivity contribution in [1.29, 1.82) is 0 Å². The van der Waals surface area contributed by atoms with Crippen molar-refractivity contribution in [2.24, 2.45) is 0 Å². The highest BCUT2D eigenvalue weighted by molar-refractivity contribution is 7.89. The van der Waals surface area contributed by atoms with E-state index < -0.39 is 10.0 Å². The second-order valence-corrected chi connectivity index (χ2v) is 4.82. The first-order valence-electron chi connectivity index (χ1n) is 4.56. The van der Waals surface area contributed by atoms with E-state index in [4.69, 9.17) is 0 Å². The van der Waals surface area contributed by atoms with Crippen LogP contribution in [0.15, 0.2) is 29.2 Å². The molecule has 77 valence electrons. The van der Waals surface area contributed by atoms with Crippen LogP contribution in [-0.4, -0.2) is 15.0 Å². The second kappa shape index (κ2) is 4.57. The second-order valence-electron chi connectivity index (χ2n) is 3.14. The van der Waals surface area contributed by atoms with Gasteiger partial charge in [-0.25, -0.2) is 8.42 Å². The number of rotatable bonds is 4. The molecule has 0 aliphatic heterocycles. The summed E-state index contributed by atoms with van der Waals surface area (Å²) in [6.07, 6.45) is 0.741. The Morgan fingerprint density at radius 1 is 1.21 bits per heavy atom. The van der Waals surface area contributed by atoms with Gasteiger partial charge < -0.3 is 0 Å². The highest BCUT2D eigenvalue weighted by Crippen LogP contribution is 2.10. The molecule has 0 amide bonds. The predicted octanol–water partition coefficient (Wildman–Crippen LogP) is 1.70. The van der Waals surface area contributed by atoms with Gasteiger partial charge in [0.05, 0.1) is 4.90 Å². The lowest BCUT2D eigenvalue weighted by atomic mass is 10.2. The molecule has 4 heteroatoms. The Labute approximate surface area is 85.2 Å². The van der Waals surface area contributed by atoms with Crippen LogP contribution in [-0.2, 0) is 10.0 Å². The van der Waals surface area contributed by atoms with E-state index in [2.05, 4.69) is 4.72 Å². The van der Waals surface area contributed by atoms with E-state index >= 15 is 0 Å². The fourth-order valence-corrected chi connectivity index (χ4v) is 2.05. The third kappa shape index (κ3) is 2.82. The Hall–Kier alpha value is -0.870. The molecule has 1 radical (unpaired) electrons. The van der Waals surface area contributed by atoms with E-state index in [1.165, 1.54) is 0 Å². The van der Waals surface area contributed by atoms with E-state index in [0.29, 0.717) is 6.54 Å². The van der Waals surface area contributed by atoms with Crippen molar-refractivity contribution in [3.05, 3.63) is 29.8 Å². The monoisotopic (exact) mass is 212 g/mol. The molecule has 1 aromatic carbocycles. The molecule has 14 heavy (non-hydrogen) atoms. The Balaban J connectivity index is 2.87. The molecule has 0 unspecified atom stereocenters. The minimum Gasteiger partial charge on any atom is -0.206 e. The molecular weight excluding hydrogens is 198 g/mol. The van der Waals surface area contributed by atoms with Crippen LogP contribution in [0.1, 0.15) is 18.9 Å². The largest absolute Gasteiger partial charge is 0.256 e. The Kier molecular flexibility index (Phi) is 3.66. The quantitative estimate of drug-likeness (QED) is 0.762. The van der Waals surface area contributed by atoms with Crippen LogP contribution < -0.4 is 4.72 Å². The SMILES string of the molecule is CCC[N]S(=O)(=O)c1ccc(C)cc1. The summed E-state index contributed by atoms with van der Waals surface area (Å²) in [5.41, 5.74) is 1.04. The lowest BCUT2D eigenvalue weighted by Gasteiger charge is -2.02. The number of hydrogen-bond donors (Lipinski definition) is 0. The van der Waals surface area contributed by atoms with Crippen LogP contribution in [0.3, 0.4) is 0 Å². The summed E-state index contributed by atoms with van der Waals surface area (Å²) in [6, 6.07) is 6.72. The highest BCUT2D eigenvalue weighted by atomic mass is 32.2. The number of nitrogens with zero attached hydrogens (tertiary/aromatic N) is 1. The number of sulfonamides is 1. The summed E-state index contributed by atoms with van der Waals surface area (Å²) in [5, 5.41) is 0. The van der Waals surface area contributed by atoms with Gasteiger partial charge in [0.15, 0.2) is 0 Å². The van der Waals surface area contributed by atoms with Crippen molar-refractivity contribution in [1.82, 2.24) is 4.72 Å². The maximum Gasteiger partial charge on any atom is 0.256 e. The average Bonchev–Trinajstić information content (AvgIpc) is 2.16. The minimum atomic E-state index is -3.41. The van der Waals surface area contributed by atoms with Crippen LogP contribution in [0, 0.1) is 6.92 Å². The summed E-state index contributed by atoms with van der Waals surface area (Å²) < 4.78 is 26.7. The fourth-order valence-electron chi connectivity index (χ4n) is 0.996. The van der Waals surface area contributed by atoms with Gasteiger partial charge in [0.1, 0.15) is 0 Å². The molecule has 0 bridgehead atoms. The Morgan fingerprint density at radius 2 is 1.79 bits per heavy atom. The topological polar surface area (TPSA) is 48.2 Å². The van der Waals surface area contributed by atoms with Gasteiger partial charge >= 0.3 is 0 Å². The molecule has 0 fully saturated rings. The third-order valence-electron chi connectivity index (χ3n) is 1.80. The normalized spacial score (nSPS) is 11.6. The minimum absolute atomic E-state index is 0.275. The van der Waals surface area contributed by atoms with Gasteiger partial charge in [0.2, 0.25) is 0 Å². The van der Waals surface area contributed by atoms with Crippen molar-refractivity contribution in [2.45, 2.75) is 25.2 Å². The van der Waals surface area contributed by atoms with Gasteiger partial charge in [-0.1, -0.05) is 24.6 Å². The summed E-state index contributed by atoms with van der Waals surface area (Å²) >= 11 is 0. The van der Waals surface area contributed by atoms with Crippen molar-refractivity contribution < 1.29 is 8.42 Å². The molecule has 0 aliphatic rings. The molecule has 0 aromatic heterocycles. The zero-order valence-electron chi connectivity index (χ0n) is 8.40. The molecule has 0 N–H and O–H groups in total. The van der Waals surface area contributed by atoms with Gasteiger partial charge in [0.25, 0.3) is 10.0 Å². The molecule has 0 aliphatic carbocycles. The van der Waals surface area contributed by atoms with Gasteiger partial charge in [0, 0.05) is 6.54 Å². The first-order valence-corrected chi connectivity index (χ1v) is 6.00. The smallest absolute Gasteiger partial charge is 0.206 e. The number of benzene rings is 1. The van der Waals surface area contributed by atoms with E-state index in [1.54, 1.807) is 24.3 Å². The Bertz CT molecular complexity index is 381. The third-order valence-corrected chi connectivity index (χ3v) is 3.19. The number of aryl methyl sites for hydroxylation is 1. The van der Waals surface area contributed by atoms with Crippen LogP contribution in [0.5, 0.6) is 0 Å². The standard InChI is InChI=1S/C10H14NO2S/c1-3-8-11-14(12,13)10-6-4-9(2)5-7-10/h4-7H,3,8H2,1-2H3. The van der Waals surface area contributed by atoms with Crippen molar-refractivity contribution in [3.8, 4) is 0 Å². The molecule has 1 rings (SSSR count). The van der Waals surface area contributed by atoms with Gasteiger partial charge in [-0.05, 0) is 25.5 Å². The molecule has 3 nitrogen and oxygen atoms in total. The molecule has 0 atom stereocenters. The molecule has 0 spiro atoms. The van der Waals surface area contributed by atoms with Crippen LogP contribution in [0.25, 0.3) is 0 Å². The van der Waals surface area contributed by atoms with Crippen molar-refractivity contribution >= 4 is 10.0 Å². The molecular formula is C10H14NO2S. The number of hydrogen-bond acceptors (Lipinski definition) is 2. The molecule has 1 aromatic rings. The maximum atomic E-state index is 11.5. The average molecular weight is 212 g/mol. The Morgan fingerprint density at radius 3 is 2.29 bits per heavy atom. The van der Waals surface area contributed by atoms with Gasteiger partial charge in [-0.2, -0.15) is 0 Å². The van der Waals surface area contributed by atoms with E-state index in [0.717, 1.165) is 12.0 Å². The molecule has 0 heterocycles. The van der Waals surface area contributed by atoms with Crippen molar-refractivity contribution in [3.63, 3.8) is 0 Å². The highest BCUT2D eigenvalue weighted by Gasteiger charge is 2.13. The van der Waals surface area contributed by atoms with Gasteiger partial charge in [-0.15, -0.1) is 4.72 Å². The summed E-state index contributed by atoms with van der Waals surface area (Å²) in [5.74, 6) is 0.